The molecule has 0 amide bonds. The van der Waals surface area contributed by atoms with Crippen molar-refractivity contribution >= 4 is 43.7 Å². The van der Waals surface area contributed by atoms with Gasteiger partial charge in [0, 0.05) is 6.42 Å². The van der Waals surface area contributed by atoms with E-state index in [0.717, 1.165) is 12.8 Å². The second kappa shape index (κ2) is 28.8. The second-order valence-electron chi connectivity index (χ2n) is 7.11. The molecular weight excluding hydrogens is 372 g/mol. The molecule has 0 aromatic rings. The molecule has 0 atom stereocenters. The topological polar surface area (TPSA) is 98.0 Å². The Bertz CT molecular complexity index is 284. The predicted molar refractivity (Wildman–Crippen MR) is 115 cm³/mol. The maximum Gasteiger partial charge on any atom is 2.00 e. The maximum atomic E-state index is 10.3. The van der Waals surface area contributed by atoms with Crippen molar-refractivity contribution in [1.29, 1.82) is 0 Å². The van der Waals surface area contributed by atoms with Crippen LogP contribution in [-0.2, 0) is 4.79 Å². The van der Waals surface area contributed by atoms with Crippen molar-refractivity contribution in [3.05, 3.63) is 0 Å². The van der Waals surface area contributed by atoms with Crippen molar-refractivity contribution in [2.45, 2.75) is 116 Å². The standard InChI is InChI=1S/C18H36O2.C3H8O3.Ca.2H/c1-2-3-4-5-6-7-8-9-10-11-12-13-14-15-16-17-18(19)20;4-1-3(6)2-5;;;/h2-17H2,1H3,(H,19,20);3-6H,1-2H2;;;/q;;+2;2*-1. The monoisotopic (exact) mass is 418 g/mol. The summed E-state index contributed by atoms with van der Waals surface area (Å²) in [5.74, 6) is -0.653. The molecule has 5 nitrogen and oxygen atoms in total. The largest absolute Gasteiger partial charge is 2.00 e. The van der Waals surface area contributed by atoms with E-state index in [9.17, 15) is 4.79 Å². The van der Waals surface area contributed by atoms with Gasteiger partial charge in [0.1, 0.15) is 6.10 Å². The van der Waals surface area contributed by atoms with Gasteiger partial charge in [0.25, 0.3) is 0 Å². The summed E-state index contributed by atoms with van der Waals surface area (Å²) < 4.78 is 0. The number of carboxylic acid groups (broad SMARTS) is 1. The van der Waals surface area contributed by atoms with Crippen LogP contribution >= 0.6 is 0 Å². The first-order valence-corrected chi connectivity index (χ1v) is 10.7. The number of carbonyl (C=O) groups is 1. The number of hydrogen-bond acceptors (Lipinski definition) is 4. The second-order valence-corrected chi connectivity index (χ2v) is 7.11. The first-order chi connectivity index (χ1) is 12.6. The van der Waals surface area contributed by atoms with Gasteiger partial charge >= 0.3 is 43.7 Å². The van der Waals surface area contributed by atoms with Crippen molar-refractivity contribution in [2.75, 3.05) is 13.2 Å². The zero-order valence-electron chi connectivity index (χ0n) is 19.7. The molecule has 0 saturated carbocycles. The molecule has 0 aliphatic rings. The fourth-order valence-electron chi connectivity index (χ4n) is 2.71. The number of rotatable bonds is 18. The molecule has 0 rings (SSSR count). The molecule has 162 valence electrons. The molecule has 27 heavy (non-hydrogen) atoms. The van der Waals surface area contributed by atoms with E-state index in [1.54, 1.807) is 0 Å². The van der Waals surface area contributed by atoms with Crippen molar-refractivity contribution in [2.24, 2.45) is 0 Å². The average molecular weight is 419 g/mol. The molecule has 6 heteroatoms. The molecule has 0 aromatic carbocycles. The molecule has 4 N–H and O–H groups in total. The third kappa shape index (κ3) is 34.5. The summed E-state index contributed by atoms with van der Waals surface area (Å²) >= 11 is 0. The Morgan fingerprint density at radius 1 is 0.704 bits per heavy atom. The summed E-state index contributed by atoms with van der Waals surface area (Å²) in [6.07, 6.45) is 19.2. The van der Waals surface area contributed by atoms with E-state index < -0.39 is 12.1 Å². The summed E-state index contributed by atoms with van der Waals surface area (Å²) in [6.45, 7) is 1.54. The van der Waals surface area contributed by atoms with E-state index in [2.05, 4.69) is 6.92 Å². The molecule has 0 aliphatic heterocycles. The predicted octanol–water partition coefficient (Wildman–Crippen LogP) is 4.51. The number of aliphatic hydroxyl groups is 3. The molecule has 0 aliphatic carbocycles. The van der Waals surface area contributed by atoms with Crippen LogP contribution in [0.2, 0.25) is 0 Å². The first-order valence-electron chi connectivity index (χ1n) is 10.7. The van der Waals surface area contributed by atoms with Crippen LogP contribution in [0.3, 0.4) is 0 Å². The van der Waals surface area contributed by atoms with E-state index in [1.165, 1.54) is 83.5 Å². The van der Waals surface area contributed by atoms with Gasteiger partial charge in [-0.1, -0.05) is 96.8 Å². The van der Waals surface area contributed by atoms with Gasteiger partial charge in [-0.2, -0.15) is 0 Å². The summed E-state index contributed by atoms with van der Waals surface area (Å²) in [7, 11) is 0. The number of carboxylic acids is 1. The first kappa shape index (κ1) is 32.3. The number of unbranched alkanes of at least 4 members (excludes halogenated alkanes) is 14. The minimum Gasteiger partial charge on any atom is -1.00 e. The Kier molecular flexibility index (Phi) is 34.5. The molecule has 0 spiro atoms. The molecule has 0 fully saturated rings. The van der Waals surface area contributed by atoms with Gasteiger partial charge in [-0.25, -0.2) is 0 Å². The quantitative estimate of drug-likeness (QED) is 0.194. The fourth-order valence-corrected chi connectivity index (χ4v) is 2.71. The van der Waals surface area contributed by atoms with E-state index in [-0.39, 0.29) is 53.8 Å². The normalized spacial score (nSPS) is 10.3. The summed E-state index contributed by atoms with van der Waals surface area (Å²) in [4.78, 5) is 10.3. The van der Waals surface area contributed by atoms with Gasteiger partial charge in [-0.15, -0.1) is 0 Å². The molecule has 0 heterocycles. The summed E-state index contributed by atoms with van der Waals surface area (Å²) in [5.41, 5.74) is 0. The van der Waals surface area contributed by atoms with Crippen LogP contribution in [-0.4, -0.2) is 83.5 Å². The Labute approximate surface area is 199 Å². The Hall–Kier alpha value is 0.610. The molecule has 0 aromatic heterocycles. The van der Waals surface area contributed by atoms with Gasteiger partial charge in [-0.3, -0.25) is 4.79 Å². The van der Waals surface area contributed by atoms with Crippen molar-refractivity contribution in [3.8, 4) is 0 Å². The number of hydrogen-bond donors (Lipinski definition) is 4. The molecule has 0 bridgehead atoms. The van der Waals surface area contributed by atoms with Gasteiger partial charge in [-0.05, 0) is 6.42 Å². The van der Waals surface area contributed by atoms with Crippen LogP contribution in [0.4, 0.5) is 0 Å². The van der Waals surface area contributed by atoms with Crippen LogP contribution in [0.15, 0.2) is 0 Å². The van der Waals surface area contributed by atoms with E-state index in [1.807, 2.05) is 0 Å². The van der Waals surface area contributed by atoms with Crippen molar-refractivity contribution < 1.29 is 28.1 Å². The molecule has 0 saturated heterocycles. The van der Waals surface area contributed by atoms with E-state index in [0.29, 0.717) is 6.42 Å². The summed E-state index contributed by atoms with van der Waals surface area (Å²) in [6, 6.07) is 0. The van der Waals surface area contributed by atoms with Gasteiger partial charge in [0.05, 0.1) is 13.2 Å². The molecular formula is C21H46CaO5. The third-order valence-corrected chi connectivity index (χ3v) is 4.42. The number of aliphatic hydroxyl groups excluding tert-OH is 3. The summed E-state index contributed by atoms with van der Waals surface area (Å²) in [5, 5.41) is 32.5. The Morgan fingerprint density at radius 3 is 1.22 bits per heavy atom. The minimum atomic E-state index is -0.954. The number of aliphatic carboxylic acids is 1. The SMILES string of the molecule is CCCCCCCCCCCCCCCCCC(=O)O.OCC(O)CO.[Ca+2].[H-].[H-]. The van der Waals surface area contributed by atoms with Crippen LogP contribution in [0.1, 0.15) is 113 Å². The van der Waals surface area contributed by atoms with Gasteiger partial charge in [0.15, 0.2) is 0 Å². The van der Waals surface area contributed by atoms with E-state index >= 15 is 0 Å². The molecule has 0 unspecified atom stereocenters. The molecule has 0 radical (unpaired) electrons. The van der Waals surface area contributed by atoms with Crippen LogP contribution in [0.5, 0.6) is 0 Å². The van der Waals surface area contributed by atoms with Crippen molar-refractivity contribution in [1.82, 2.24) is 0 Å². The zero-order chi connectivity index (χ0) is 19.9. The van der Waals surface area contributed by atoms with Crippen LogP contribution in [0.25, 0.3) is 0 Å². The minimum absolute atomic E-state index is 0. The fraction of sp³-hybridized carbons (Fsp3) is 0.952. The Balaban J connectivity index is -0.000000186. The third-order valence-electron chi connectivity index (χ3n) is 4.42. The van der Waals surface area contributed by atoms with Crippen LogP contribution < -0.4 is 0 Å². The van der Waals surface area contributed by atoms with Gasteiger partial charge < -0.3 is 23.3 Å². The zero-order valence-corrected chi connectivity index (χ0v) is 19.9. The van der Waals surface area contributed by atoms with Crippen LogP contribution in [0, 0.1) is 0 Å². The van der Waals surface area contributed by atoms with E-state index in [4.69, 9.17) is 20.4 Å². The Morgan fingerprint density at radius 2 is 1.00 bits per heavy atom. The van der Waals surface area contributed by atoms with Crippen molar-refractivity contribution in [3.63, 3.8) is 0 Å². The average Bonchev–Trinajstić information content (AvgIpc) is 2.64. The smallest absolute Gasteiger partial charge is 1.00 e. The van der Waals surface area contributed by atoms with Gasteiger partial charge in [0.2, 0.25) is 0 Å². The maximum absolute atomic E-state index is 10.3.